The van der Waals surface area contributed by atoms with Crippen LogP contribution < -0.4 is 14.8 Å². The number of hydrogen-bond acceptors (Lipinski definition) is 4. The Hall–Kier alpha value is -3.02. The van der Waals surface area contributed by atoms with Gasteiger partial charge in [0.1, 0.15) is 13.2 Å². The van der Waals surface area contributed by atoms with Gasteiger partial charge in [-0.15, -0.1) is 0 Å². The first-order valence-electron chi connectivity index (χ1n) is 9.66. The van der Waals surface area contributed by atoms with E-state index in [9.17, 15) is 9.59 Å². The van der Waals surface area contributed by atoms with Crippen molar-refractivity contribution in [2.24, 2.45) is 0 Å². The smallest absolute Gasteiger partial charge is 0.254 e. The summed E-state index contributed by atoms with van der Waals surface area (Å²) in [6.07, 6.45) is 1.91. The van der Waals surface area contributed by atoms with E-state index in [-0.39, 0.29) is 17.9 Å². The molecule has 6 nitrogen and oxygen atoms in total. The van der Waals surface area contributed by atoms with Crippen molar-refractivity contribution in [2.75, 3.05) is 19.8 Å². The molecule has 1 atom stereocenters. The summed E-state index contributed by atoms with van der Waals surface area (Å²) in [5.74, 6) is 1.48. The number of hydrogen-bond donors (Lipinski definition) is 1. The first-order valence-corrected chi connectivity index (χ1v) is 9.66. The quantitative estimate of drug-likeness (QED) is 0.885. The van der Waals surface area contributed by atoms with Gasteiger partial charge in [-0.25, -0.2) is 0 Å². The first kappa shape index (κ1) is 18.3. The Morgan fingerprint density at radius 2 is 1.82 bits per heavy atom. The number of amides is 2. The number of ether oxygens (including phenoxy) is 2. The van der Waals surface area contributed by atoms with Crippen LogP contribution in [0.3, 0.4) is 0 Å². The standard InChI is InChI=1S/C22H24N2O4/c1-15(25)23-14-16-4-6-17(7-5-16)22(26)24-10-2-3-19(24)18-8-9-20-21(13-18)28-12-11-27-20/h4-9,13,19H,2-3,10-12,14H2,1H3,(H,23,25). The van der Waals surface area contributed by atoms with Crippen LogP contribution in [0.1, 0.15) is 47.3 Å². The van der Waals surface area contributed by atoms with E-state index < -0.39 is 0 Å². The van der Waals surface area contributed by atoms with E-state index in [0.29, 0.717) is 25.3 Å². The SMILES string of the molecule is CC(=O)NCc1ccc(C(=O)N2CCCC2c2ccc3c(c2)OCCO3)cc1. The van der Waals surface area contributed by atoms with E-state index >= 15 is 0 Å². The number of carbonyl (C=O) groups is 2. The number of nitrogens with one attached hydrogen (secondary N) is 1. The fourth-order valence-electron chi connectivity index (χ4n) is 3.78. The summed E-state index contributed by atoms with van der Waals surface area (Å²) >= 11 is 0. The lowest BCUT2D eigenvalue weighted by Crippen LogP contribution is -2.30. The number of fused-ring (bicyclic) bond motifs is 1. The summed E-state index contributed by atoms with van der Waals surface area (Å²) in [4.78, 5) is 26.1. The molecule has 146 valence electrons. The van der Waals surface area contributed by atoms with Gasteiger partial charge in [-0.2, -0.15) is 0 Å². The fourth-order valence-corrected chi connectivity index (χ4v) is 3.78. The van der Waals surface area contributed by atoms with Gasteiger partial charge in [-0.1, -0.05) is 18.2 Å². The minimum atomic E-state index is -0.0699. The average molecular weight is 380 g/mol. The van der Waals surface area contributed by atoms with Crippen molar-refractivity contribution >= 4 is 11.8 Å². The molecule has 0 spiro atoms. The summed E-state index contributed by atoms with van der Waals surface area (Å²) in [7, 11) is 0. The van der Waals surface area contributed by atoms with Crippen LogP contribution in [0.25, 0.3) is 0 Å². The van der Waals surface area contributed by atoms with Crippen LogP contribution in [-0.4, -0.2) is 36.5 Å². The molecule has 2 aromatic carbocycles. The highest BCUT2D eigenvalue weighted by atomic mass is 16.6. The second kappa shape index (κ2) is 7.92. The molecule has 1 N–H and O–H groups in total. The number of rotatable bonds is 4. The number of benzene rings is 2. The van der Waals surface area contributed by atoms with Crippen LogP contribution in [0, 0.1) is 0 Å². The van der Waals surface area contributed by atoms with Crippen LogP contribution in [0.4, 0.5) is 0 Å². The molecule has 4 rings (SSSR count). The van der Waals surface area contributed by atoms with Crippen molar-refractivity contribution in [2.45, 2.75) is 32.4 Å². The lowest BCUT2D eigenvalue weighted by molar-refractivity contribution is -0.119. The zero-order valence-corrected chi connectivity index (χ0v) is 15.9. The van der Waals surface area contributed by atoms with Crippen LogP contribution in [0.2, 0.25) is 0 Å². The topological polar surface area (TPSA) is 67.9 Å². The molecule has 2 amide bonds. The molecule has 28 heavy (non-hydrogen) atoms. The Balaban J connectivity index is 1.50. The highest BCUT2D eigenvalue weighted by Crippen LogP contribution is 2.38. The zero-order chi connectivity index (χ0) is 19.5. The fraction of sp³-hybridized carbons (Fsp3) is 0.364. The van der Waals surface area contributed by atoms with Crippen LogP contribution in [-0.2, 0) is 11.3 Å². The molecule has 2 aromatic rings. The maximum absolute atomic E-state index is 13.1. The Kier molecular flexibility index (Phi) is 5.19. The summed E-state index contributed by atoms with van der Waals surface area (Å²) in [5, 5.41) is 2.76. The molecule has 0 saturated carbocycles. The zero-order valence-electron chi connectivity index (χ0n) is 15.9. The molecule has 1 saturated heterocycles. The lowest BCUT2D eigenvalue weighted by Gasteiger charge is -2.27. The van der Waals surface area contributed by atoms with Crippen molar-refractivity contribution in [3.63, 3.8) is 0 Å². The maximum Gasteiger partial charge on any atom is 0.254 e. The van der Waals surface area contributed by atoms with E-state index in [0.717, 1.165) is 42.0 Å². The van der Waals surface area contributed by atoms with Gasteiger partial charge in [0.05, 0.1) is 6.04 Å². The van der Waals surface area contributed by atoms with E-state index in [1.165, 1.54) is 6.92 Å². The van der Waals surface area contributed by atoms with Gasteiger partial charge in [0.25, 0.3) is 5.91 Å². The molecule has 2 aliphatic heterocycles. The van der Waals surface area contributed by atoms with Crippen molar-refractivity contribution in [3.05, 3.63) is 59.2 Å². The molecular formula is C22H24N2O4. The van der Waals surface area contributed by atoms with Crippen LogP contribution in [0.5, 0.6) is 11.5 Å². The molecular weight excluding hydrogens is 356 g/mol. The summed E-state index contributed by atoms with van der Waals surface area (Å²) in [5.41, 5.74) is 2.71. The Bertz CT molecular complexity index is 879. The Labute approximate surface area is 164 Å². The lowest BCUT2D eigenvalue weighted by atomic mass is 10.0. The molecule has 2 heterocycles. The van der Waals surface area contributed by atoms with Crippen molar-refractivity contribution in [1.29, 1.82) is 0 Å². The van der Waals surface area contributed by atoms with Crippen LogP contribution >= 0.6 is 0 Å². The van der Waals surface area contributed by atoms with Gasteiger partial charge < -0.3 is 19.7 Å². The van der Waals surface area contributed by atoms with E-state index in [1.807, 2.05) is 47.4 Å². The third-order valence-electron chi connectivity index (χ3n) is 5.21. The highest BCUT2D eigenvalue weighted by molar-refractivity contribution is 5.94. The van der Waals surface area contributed by atoms with E-state index in [2.05, 4.69) is 5.32 Å². The Morgan fingerprint density at radius 1 is 1.07 bits per heavy atom. The number of likely N-dealkylation sites (tertiary alicyclic amines) is 1. The predicted octanol–water partition coefficient (Wildman–Crippen LogP) is 3.07. The van der Waals surface area contributed by atoms with Crippen molar-refractivity contribution < 1.29 is 19.1 Å². The maximum atomic E-state index is 13.1. The highest BCUT2D eigenvalue weighted by Gasteiger charge is 2.31. The normalized spacial score (nSPS) is 18.0. The van der Waals surface area contributed by atoms with Crippen molar-refractivity contribution in [3.8, 4) is 11.5 Å². The van der Waals surface area contributed by atoms with Gasteiger partial charge in [0.2, 0.25) is 5.91 Å². The predicted molar refractivity (Wildman–Crippen MR) is 104 cm³/mol. The third-order valence-corrected chi connectivity index (χ3v) is 5.21. The van der Waals surface area contributed by atoms with E-state index in [1.54, 1.807) is 0 Å². The molecule has 1 fully saturated rings. The summed E-state index contributed by atoms with van der Waals surface area (Å²) < 4.78 is 11.3. The minimum Gasteiger partial charge on any atom is -0.486 e. The van der Waals surface area contributed by atoms with E-state index in [4.69, 9.17) is 9.47 Å². The van der Waals surface area contributed by atoms with Crippen molar-refractivity contribution in [1.82, 2.24) is 10.2 Å². The second-order valence-corrected chi connectivity index (χ2v) is 7.17. The Morgan fingerprint density at radius 3 is 2.57 bits per heavy atom. The molecule has 6 heteroatoms. The molecule has 0 radical (unpaired) electrons. The molecule has 2 aliphatic rings. The van der Waals surface area contributed by atoms with Gasteiger partial charge in [-0.3, -0.25) is 9.59 Å². The minimum absolute atomic E-state index is 0.0310. The van der Waals surface area contributed by atoms with Gasteiger partial charge >= 0.3 is 0 Å². The average Bonchev–Trinajstić information content (AvgIpc) is 3.21. The molecule has 0 bridgehead atoms. The second-order valence-electron chi connectivity index (χ2n) is 7.17. The van der Waals surface area contributed by atoms with Crippen LogP contribution in [0.15, 0.2) is 42.5 Å². The summed E-state index contributed by atoms with van der Waals surface area (Å²) in [6, 6.07) is 13.4. The monoisotopic (exact) mass is 380 g/mol. The largest absolute Gasteiger partial charge is 0.486 e. The summed E-state index contributed by atoms with van der Waals surface area (Å²) in [6.45, 7) is 3.81. The molecule has 1 unspecified atom stereocenters. The first-order chi connectivity index (χ1) is 13.6. The number of carbonyl (C=O) groups excluding carboxylic acids is 2. The van der Waals surface area contributed by atoms with Gasteiger partial charge in [-0.05, 0) is 48.2 Å². The van der Waals surface area contributed by atoms with Gasteiger partial charge in [0.15, 0.2) is 11.5 Å². The molecule has 0 aliphatic carbocycles. The molecule has 0 aromatic heterocycles. The number of nitrogens with zero attached hydrogens (tertiary/aromatic N) is 1. The third kappa shape index (κ3) is 3.81. The van der Waals surface area contributed by atoms with Gasteiger partial charge in [0, 0.05) is 25.6 Å².